The molecule has 100 valence electrons. The van der Waals surface area contributed by atoms with Crippen molar-refractivity contribution in [3.05, 3.63) is 0 Å². The lowest BCUT2D eigenvalue weighted by Gasteiger charge is -2.53. The molecule has 2 unspecified atom stereocenters. The highest BCUT2D eigenvalue weighted by molar-refractivity contribution is 5.03. The first-order valence-corrected chi connectivity index (χ1v) is 7.56. The van der Waals surface area contributed by atoms with Crippen LogP contribution in [0.3, 0.4) is 0 Å². The molecule has 0 aromatic heterocycles. The Kier molecular flexibility index (Phi) is 4.48. The SMILES string of the molecule is CCC1(CC)C(O)CC1OC1CCCCCC1. The van der Waals surface area contributed by atoms with E-state index in [0.717, 1.165) is 19.3 Å². The fourth-order valence-corrected chi connectivity index (χ4v) is 3.70. The minimum atomic E-state index is -0.131. The van der Waals surface area contributed by atoms with Crippen LogP contribution in [0, 0.1) is 5.41 Å². The zero-order valence-electron chi connectivity index (χ0n) is 11.5. The summed E-state index contributed by atoms with van der Waals surface area (Å²) in [5.41, 5.74) is 0.0618. The predicted molar refractivity (Wildman–Crippen MR) is 70.0 cm³/mol. The number of hydrogen-bond acceptors (Lipinski definition) is 2. The summed E-state index contributed by atoms with van der Waals surface area (Å²) >= 11 is 0. The van der Waals surface area contributed by atoms with Gasteiger partial charge in [-0.25, -0.2) is 0 Å². The van der Waals surface area contributed by atoms with Crippen LogP contribution in [0.2, 0.25) is 0 Å². The summed E-state index contributed by atoms with van der Waals surface area (Å²) in [6, 6.07) is 0. The van der Waals surface area contributed by atoms with Gasteiger partial charge in [-0.15, -0.1) is 0 Å². The van der Waals surface area contributed by atoms with E-state index in [2.05, 4.69) is 13.8 Å². The molecular formula is C15H28O2. The second kappa shape index (κ2) is 5.71. The van der Waals surface area contributed by atoms with Crippen LogP contribution in [0.25, 0.3) is 0 Å². The van der Waals surface area contributed by atoms with E-state index in [4.69, 9.17) is 4.74 Å². The van der Waals surface area contributed by atoms with Gasteiger partial charge in [-0.05, 0) is 25.7 Å². The molecule has 0 heterocycles. The molecule has 2 saturated carbocycles. The zero-order valence-corrected chi connectivity index (χ0v) is 11.5. The van der Waals surface area contributed by atoms with E-state index in [0.29, 0.717) is 12.2 Å². The van der Waals surface area contributed by atoms with Gasteiger partial charge in [0.2, 0.25) is 0 Å². The highest BCUT2D eigenvalue weighted by Crippen LogP contribution is 2.49. The van der Waals surface area contributed by atoms with Crippen LogP contribution in [0.5, 0.6) is 0 Å². The molecule has 0 aromatic rings. The molecule has 2 atom stereocenters. The molecule has 0 bridgehead atoms. The standard InChI is InChI=1S/C15H28O2/c1-3-15(4-2)13(16)11-14(15)17-12-9-7-5-6-8-10-12/h12-14,16H,3-11H2,1-2H3. The summed E-state index contributed by atoms with van der Waals surface area (Å²) in [4.78, 5) is 0. The number of rotatable bonds is 4. The van der Waals surface area contributed by atoms with Gasteiger partial charge in [0, 0.05) is 11.8 Å². The maximum absolute atomic E-state index is 10.0. The van der Waals surface area contributed by atoms with Gasteiger partial charge in [0.15, 0.2) is 0 Å². The van der Waals surface area contributed by atoms with Crippen LogP contribution in [0.1, 0.15) is 71.6 Å². The van der Waals surface area contributed by atoms with Crippen molar-refractivity contribution in [1.29, 1.82) is 0 Å². The van der Waals surface area contributed by atoms with E-state index < -0.39 is 0 Å². The zero-order chi connectivity index (χ0) is 12.3. The second-order valence-electron chi connectivity index (χ2n) is 5.93. The lowest BCUT2D eigenvalue weighted by atomic mass is 9.60. The molecule has 2 heteroatoms. The van der Waals surface area contributed by atoms with Crippen molar-refractivity contribution < 1.29 is 9.84 Å². The first-order chi connectivity index (χ1) is 8.23. The molecule has 2 nitrogen and oxygen atoms in total. The second-order valence-corrected chi connectivity index (χ2v) is 5.93. The summed E-state index contributed by atoms with van der Waals surface area (Å²) < 4.78 is 6.32. The molecule has 0 saturated heterocycles. The van der Waals surface area contributed by atoms with Crippen LogP contribution < -0.4 is 0 Å². The van der Waals surface area contributed by atoms with E-state index in [1.54, 1.807) is 0 Å². The van der Waals surface area contributed by atoms with Gasteiger partial charge >= 0.3 is 0 Å². The summed E-state index contributed by atoms with van der Waals surface area (Å²) in [5, 5.41) is 10.0. The van der Waals surface area contributed by atoms with Crippen molar-refractivity contribution >= 4 is 0 Å². The Labute approximate surface area is 106 Å². The highest BCUT2D eigenvalue weighted by Gasteiger charge is 2.53. The molecule has 1 N–H and O–H groups in total. The quantitative estimate of drug-likeness (QED) is 0.760. The van der Waals surface area contributed by atoms with Gasteiger partial charge in [0.25, 0.3) is 0 Å². The minimum absolute atomic E-state index is 0.0618. The highest BCUT2D eigenvalue weighted by atomic mass is 16.5. The Balaban J connectivity index is 1.90. The third kappa shape index (κ3) is 2.53. The Hall–Kier alpha value is -0.0800. The fraction of sp³-hybridized carbons (Fsp3) is 1.00. The molecule has 0 aromatic carbocycles. The maximum Gasteiger partial charge on any atom is 0.0684 e. The molecule has 2 fully saturated rings. The maximum atomic E-state index is 10.0. The van der Waals surface area contributed by atoms with Gasteiger partial charge in [-0.3, -0.25) is 0 Å². The topological polar surface area (TPSA) is 29.5 Å². The first-order valence-electron chi connectivity index (χ1n) is 7.56. The average Bonchev–Trinajstić information content (AvgIpc) is 2.59. The lowest BCUT2D eigenvalue weighted by molar-refractivity contribution is -0.214. The molecule has 2 aliphatic carbocycles. The molecule has 2 rings (SSSR count). The monoisotopic (exact) mass is 240 g/mol. The minimum Gasteiger partial charge on any atom is -0.392 e. The van der Waals surface area contributed by atoms with Crippen molar-refractivity contribution in [1.82, 2.24) is 0 Å². The van der Waals surface area contributed by atoms with Gasteiger partial charge < -0.3 is 9.84 Å². The van der Waals surface area contributed by atoms with Crippen molar-refractivity contribution in [2.24, 2.45) is 5.41 Å². The number of aliphatic hydroxyl groups excluding tert-OH is 1. The number of aliphatic hydroxyl groups is 1. The lowest BCUT2D eigenvalue weighted by Crippen LogP contribution is -2.58. The molecule has 17 heavy (non-hydrogen) atoms. The average molecular weight is 240 g/mol. The van der Waals surface area contributed by atoms with E-state index in [9.17, 15) is 5.11 Å². The van der Waals surface area contributed by atoms with E-state index in [-0.39, 0.29) is 11.5 Å². The predicted octanol–water partition coefficient (Wildman–Crippen LogP) is 3.67. The Morgan fingerprint density at radius 1 is 1.06 bits per heavy atom. The summed E-state index contributed by atoms with van der Waals surface area (Å²) in [5.74, 6) is 0. The molecule has 0 spiro atoms. The van der Waals surface area contributed by atoms with Crippen LogP contribution in [0.4, 0.5) is 0 Å². The van der Waals surface area contributed by atoms with Crippen molar-refractivity contribution in [2.75, 3.05) is 0 Å². The van der Waals surface area contributed by atoms with E-state index in [1.165, 1.54) is 38.5 Å². The fourth-order valence-electron chi connectivity index (χ4n) is 3.70. The molecule has 0 amide bonds. The van der Waals surface area contributed by atoms with Crippen LogP contribution in [-0.2, 0) is 4.74 Å². The summed E-state index contributed by atoms with van der Waals surface area (Å²) in [6.45, 7) is 4.38. The van der Waals surface area contributed by atoms with Gasteiger partial charge in [0.05, 0.1) is 18.3 Å². The van der Waals surface area contributed by atoms with Crippen molar-refractivity contribution in [2.45, 2.75) is 89.9 Å². The smallest absolute Gasteiger partial charge is 0.0684 e. The van der Waals surface area contributed by atoms with Gasteiger partial charge in [-0.1, -0.05) is 39.5 Å². The first kappa shape index (κ1) is 13.4. The molecule has 2 aliphatic rings. The summed E-state index contributed by atoms with van der Waals surface area (Å²) in [7, 11) is 0. The van der Waals surface area contributed by atoms with Gasteiger partial charge in [-0.2, -0.15) is 0 Å². The Morgan fingerprint density at radius 2 is 1.65 bits per heavy atom. The molecule has 0 radical (unpaired) electrons. The summed E-state index contributed by atoms with van der Waals surface area (Å²) in [6.07, 6.45) is 11.5. The van der Waals surface area contributed by atoms with Crippen molar-refractivity contribution in [3.8, 4) is 0 Å². The van der Waals surface area contributed by atoms with Crippen LogP contribution >= 0.6 is 0 Å². The largest absolute Gasteiger partial charge is 0.392 e. The normalized spacial score (nSPS) is 34.1. The third-order valence-electron chi connectivity index (χ3n) is 5.22. The third-order valence-corrected chi connectivity index (χ3v) is 5.22. The van der Waals surface area contributed by atoms with E-state index in [1.807, 2.05) is 0 Å². The molecular weight excluding hydrogens is 212 g/mol. The van der Waals surface area contributed by atoms with Crippen molar-refractivity contribution in [3.63, 3.8) is 0 Å². The Morgan fingerprint density at radius 3 is 2.12 bits per heavy atom. The van der Waals surface area contributed by atoms with Gasteiger partial charge in [0.1, 0.15) is 0 Å². The van der Waals surface area contributed by atoms with Crippen LogP contribution in [-0.4, -0.2) is 23.4 Å². The van der Waals surface area contributed by atoms with E-state index >= 15 is 0 Å². The number of hydrogen-bond donors (Lipinski definition) is 1. The number of ether oxygens (including phenoxy) is 1. The van der Waals surface area contributed by atoms with Crippen LogP contribution in [0.15, 0.2) is 0 Å². The molecule has 0 aliphatic heterocycles. The Bertz CT molecular complexity index is 227.